The first kappa shape index (κ1) is 9.71. The fourth-order valence-corrected chi connectivity index (χ4v) is 1.62. The lowest BCUT2D eigenvalue weighted by atomic mass is 10.1. The van der Waals surface area contributed by atoms with Crippen LogP contribution in [0.25, 0.3) is 10.8 Å². The number of benzene rings is 2. The van der Waals surface area contributed by atoms with Crippen molar-refractivity contribution in [3.05, 3.63) is 42.0 Å². The second kappa shape index (κ2) is 3.73. The Labute approximate surface area is 88.5 Å². The smallest absolute Gasteiger partial charge is 0.308 e. The van der Waals surface area contributed by atoms with Gasteiger partial charge >= 0.3 is 5.97 Å². The maximum absolute atomic E-state index is 10.9. The van der Waals surface area contributed by atoms with Crippen LogP contribution in [-0.2, 0) is 4.79 Å². The number of hydrogen-bond acceptors (Lipinski definition) is 2. The van der Waals surface area contributed by atoms with Gasteiger partial charge in [-0.05, 0) is 18.4 Å². The van der Waals surface area contributed by atoms with Crippen LogP contribution in [0.5, 0.6) is 5.75 Å². The lowest BCUT2D eigenvalue weighted by Gasteiger charge is -2.06. The van der Waals surface area contributed by atoms with Crippen molar-refractivity contribution in [3.63, 3.8) is 0 Å². The number of fused-ring (bicyclic) bond motifs is 1. The zero-order chi connectivity index (χ0) is 10.8. The quantitative estimate of drug-likeness (QED) is 0.522. The summed E-state index contributed by atoms with van der Waals surface area (Å²) in [6.07, 6.45) is 0. The van der Waals surface area contributed by atoms with E-state index >= 15 is 0 Å². The van der Waals surface area contributed by atoms with Gasteiger partial charge in [-0.25, -0.2) is 0 Å². The lowest BCUT2D eigenvalue weighted by Crippen LogP contribution is -2.01. The summed E-state index contributed by atoms with van der Waals surface area (Å²) in [6, 6.07) is 11.8. The van der Waals surface area contributed by atoms with Crippen LogP contribution in [0.4, 0.5) is 0 Å². The molecule has 0 radical (unpaired) electrons. The highest BCUT2D eigenvalue weighted by atomic mass is 16.5. The average Bonchev–Trinajstić information content (AvgIpc) is 2.16. The van der Waals surface area contributed by atoms with E-state index in [0.29, 0.717) is 5.75 Å². The van der Waals surface area contributed by atoms with Gasteiger partial charge in [-0.15, -0.1) is 0 Å². The van der Waals surface area contributed by atoms with E-state index in [1.807, 2.05) is 31.2 Å². The van der Waals surface area contributed by atoms with Crippen LogP contribution in [0.15, 0.2) is 36.4 Å². The minimum atomic E-state index is -0.289. The molecule has 0 aliphatic rings. The van der Waals surface area contributed by atoms with Crippen LogP contribution in [-0.4, -0.2) is 5.97 Å². The predicted molar refractivity (Wildman–Crippen MR) is 60.0 cm³/mol. The van der Waals surface area contributed by atoms with Gasteiger partial charge in [0.2, 0.25) is 0 Å². The molecular formula is C13H12O2. The van der Waals surface area contributed by atoms with Gasteiger partial charge in [0.1, 0.15) is 5.75 Å². The van der Waals surface area contributed by atoms with E-state index in [2.05, 4.69) is 6.07 Å². The molecule has 76 valence electrons. The molecule has 0 aliphatic heterocycles. The molecule has 0 atom stereocenters. The number of ether oxygens (including phenoxy) is 1. The molecule has 0 saturated heterocycles. The predicted octanol–water partition coefficient (Wildman–Crippen LogP) is 3.07. The summed E-state index contributed by atoms with van der Waals surface area (Å²) in [5.41, 5.74) is 1.20. The van der Waals surface area contributed by atoms with Crippen LogP contribution < -0.4 is 4.74 Å². The summed E-state index contributed by atoms with van der Waals surface area (Å²) in [6.45, 7) is 3.45. The first-order valence-electron chi connectivity index (χ1n) is 4.84. The molecule has 0 aliphatic carbocycles. The molecule has 15 heavy (non-hydrogen) atoms. The Balaban J connectivity index is 2.60. The standard InChI is InChI=1S/C13H12O2/c1-9-6-7-12-11(8-9)4-3-5-13(12)15-10(2)14/h3-8H,1-2H3. The number of carbonyl (C=O) groups is 1. The first-order valence-corrected chi connectivity index (χ1v) is 4.84. The van der Waals surface area contributed by atoms with Gasteiger partial charge < -0.3 is 4.74 Å². The van der Waals surface area contributed by atoms with E-state index in [4.69, 9.17) is 4.74 Å². The molecule has 2 rings (SSSR count). The van der Waals surface area contributed by atoms with Gasteiger partial charge in [-0.3, -0.25) is 4.79 Å². The summed E-state index contributed by atoms with van der Waals surface area (Å²) >= 11 is 0. The van der Waals surface area contributed by atoms with Gasteiger partial charge in [0.05, 0.1) is 0 Å². The van der Waals surface area contributed by atoms with E-state index in [-0.39, 0.29) is 5.97 Å². The number of hydrogen-bond donors (Lipinski definition) is 0. The Kier molecular flexibility index (Phi) is 2.42. The van der Waals surface area contributed by atoms with Crippen molar-refractivity contribution in [3.8, 4) is 5.75 Å². The van der Waals surface area contributed by atoms with E-state index < -0.39 is 0 Å². The largest absolute Gasteiger partial charge is 0.426 e. The van der Waals surface area contributed by atoms with Crippen LogP contribution in [0.3, 0.4) is 0 Å². The van der Waals surface area contributed by atoms with E-state index in [0.717, 1.165) is 10.8 Å². The van der Waals surface area contributed by atoms with E-state index in [9.17, 15) is 4.79 Å². The first-order chi connectivity index (χ1) is 7.16. The Morgan fingerprint density at radius 2 is 2.00 bits per heavy atom. The molecule has 2 heteroatoms. The number of carbonyl (C=O) groups excluding carboxylic acids is 1. The van der Waals surface area contributed by atoms with Crippen molar-refractivity contribution in [1.29, 1.82) is 0 Å². The Hall–Kier alpha value is -1.83. The molecular weight excluding hydrogens is 188 g/mol. The molecule has 2 aromatic rings. The fraction of sp³-hybridized carbons (Fsp3) is 0.154. The summed E-state index contributed by atoms with van der Waals surface area (Å²) < 4.78 is 5.13. The van der Waals surface area contributed by atoms with Crippen LogP contribution in [0, 0.1) is 6.92 Å². The normalized spacial score (nSPS) is 10.3. The van der Waals surface area contributed by atoms with Crippen molar-refractivity contribution in [2.75, 3.05) is 0 Å². The molecule has 0 amide bonds. The highest BCUT2D eigenvalue weighted by Crippen LogP contribution is 2.26. The van der Waals surface area contributed by atoms with Crippen molar-refractivity contribution in [2.45, 2.75) is 13.8 Å². The average molecular weight is 200 g/mol. The third kappa shape index (κ3) is 1.99. The molecule has 2 aromatic carbocycles. The lowest BCUT2D eigenvalue weighted by molar-refractivity contribution is -0.131. The van der Waals surface area contributed by atoms with Gasteiger partial charge in [0, 0.05) is 12.3 Å². The Bertz CT molecular complexity index is 515. The fourth-order valence-electron chi connectivity index (χ4n) is 1.62. The van der Waals surface area contributed by atoms with Crippen molar-refractivity contribution < 1.29 is 9.53 Å². The molecule has 0 fully saturated rings. The Morgan fingerprint density at radius 1 is 1.20 bits per heavy atom. The second-order valence-corrected chi connectivity index (χ2v) is 3.57. The van der Waals surface area contributed by atoms with E-state index in [1.165, 1.54) is 12.5 Å². The molecule has 0 spiro atoms. The summed E-state index contributed by atoms with van der Waals surface area (Å²) in [5.74, 6) is 0.336. The maximum Gasteiger partial charge on any atom is 0.308 e. The molecule has 0 unspecified atom stereocenters. The topological polar surface area (TPSA) is 26.3 Å². The summed E-state index contributed by atoms with van der Waals surface area (Å²) in [7, 11) is 0. The molecule has 0 saturated carbocycles. The number of esters is 1. The number of rotatable bonds is 1. The minimum Gasteiger partial charge on any atom is -0.426 e. The molecule has 0 N–H and O–H groups in total. The third-order valence-corrected chi connectivity index (χ3v) is 2.25. The van der Waals surface area contributed by atoms with Crippen molar-refractivity contribution in [2.24, 2.45) is 0 Å². The highest BCUT2D eigenvalue weighted by Gasteiger charge is 2.03. The molecule has 0 aromatic heterocycles. The molecule has 0 bridgehead atoms. The van der Waals surface area contributed by atoms with Gasteiger partial charge in [-0.1, -0.05) is 35.9 Å². The molecule has 0 heterocycles. The van der Waals surface area contributed by atoms with Gasteiger partial charge in [-0.2, -0.15) is 0 Å². The Morgan fingerprint density at radius 3 is 2.73 bits per heavy atom. The maximum atomic E-state index is 10.9. The summed E-state index contributed by atoms with van der Waals surface area (Å²) in [4.78, 5) is 10.9. The van der Waals surface area contributed by atoms with Crippen LogP contribution in [0.1, 0.15) is 12.5 Å². The SMILES string of the molecule is CC(=O)Oc1cccc2cc(C)ccc12. The van der Waals surface area contributed by atoms with Crippen molar-refractivity contribution in [1.82, 2.24) is 0 Å². The number of aryl methyl sites for hydroxylation is 1. The van der Waals surface area contributed by atoms with Crippen LogP contribution in [0.2, 0.25) is 0 Å². The highest BCUT2D eigenvalue weighted by molar-refractivity contribution is 5.90. The second-order valence-electron chi connectivity index (χ2n) is 3.57. The zero-order valence-electron chi connectivity index (χ0n) is 8.78. The summed E-state index contributed by atoms with van der Waals surface area (Å²) in [5, 5.41) is 2.06. The monoisotopic (exact) mass is 200 g/mol. The molecule has 2 nitrogen and oxygen atoms in total. The van der Waals surface area contributed by atoms with Crippen molar-refractivity contribution >= 4 is 16.7 Å². The van der Waals surface area contributed by atoms with Gasteiger partial charge in [0.25, 0.3) is 0 Å². The van der Waals surface area contributed by atoms with Crippen LogP contribution >= 0.6 is 0 Å². The van der Waals surface area contributed by atoms with Gasteiger partial charge in [0.15, 0.2) is 0 Å². The third-order valence-electron chi connectivity index (χ3n) is 2.25. The van der Waals surface area contributed by atoms with E-state index in [1.54, 1.807) is 6.07 Å². The zero-order valence-corrected chi connectivity index (χ0v) is 8.78. The minimum absolute atomic E-state index is 0.289.